The number of piperazine rings is 1. The number of hydrogen-bond donors (Lipinski definition) is 2. The van der Waals surface area contributed by atoms with Gasteiger partial charge in [-0.25, -0.2) is 9.18 Å². The van der Waals surface area contributed by atoms with Crippen LogP contribution in [0.1, 0.15) is 56.8 Å². The molecule has 2 aliphatic heterocycles. The number of ether oxygens (including phenoxy) is 1. The summed E-state index contributed by atoms with van der Waals surface area (Å²) in [6.07, 6.45) is 1.35. The Labute approximate surface area is 162 Å². The van der Waals surface area contributed by atoms with Crippen molar-refractivity contribution in [3.8, 4) is 0 Å². The number of pyridine rings is 1. The van der Waals surface area contributed by atoms with Gasteiger partial charge < -0.3 is 10.1 Å². The lowest BCUT2D eigenvalue weighted by molar-refractivity contribution is -0.134. The van der Waals surface area contributed by atoms with Crippen LogP contribution in [0.25, 0.3) is 0 Å². The molecule has 9 heteroatoms. The normalized spacial score (nSPS) is 23.4. The van der Waals surface area contributed by atoms with E-state index in [4.69, 9.17) is 4.74 Å². The summed E-state index contributed by atoms with van der Waals surface area (Å²) < 4.78 is 20.4. The van der Waals surface area contributed by atoms with Crippen molar-refractivity contribution in [3.63, 3.8) is 0 Å². The molecule has 2 saturated heterocycles. The van der Waals surface area contributed by atoms with Gasteiger partial charge in [0.25, 0.3) is 0 Å². The number of carbonyl (C=O) groups excluding carboxylic acids is 3. The summed E-state index contributed by atoms with van der Waals surface area (Å²) in [6, 6.07) is 0.656. The van der Waals surface area contributed by atoms with Crippen molar-refractivity contribution < 1.29 is 23.5 Å². The van der Waals surface area contributed by atoms with Crippen LogP contribution < -0.4 is 10.6 Å². The third kappa shape index (κ3) is 4.46. The number of imide groups is 1. The zero-order chi connectivity index (χ0) is 20.5. The van der Waals surface area contributed by atoms with Crippen molar-refractivity contribution in [2.45, 2.75) is 51.2 Å². The molecule has 2 atom stereocenters. The molecule has 2 N–H and O–H groups in total. The molecule has 3 rings (SSSR count). The zero-order valence-electron chi connectivity index (χ0n) is 16.3. The van der Waals surface area contributed by atoms with Crippen molar-refractivity contribution >= 4 is 17.9 Å². The highest BCUT2D eigenvalue weighted by Crippen LogP contribution is 2.29. The molecule has 2 fully saturated rings. The largest absolute Gasteiger partial charge is 0.444 e. The maximum absolute atomic E-state index is 14.9. The van der Waals surface area contributed by atoms with Gasteiger partial charge in [-0.1, -0.05) is 0 Å². The number of amides is 3. The van der Waals surface area contributed by atoms with Crippen LogP contribution in [-0.4, -0.2) is 53.0 Å². The van der Waals surface area contributed by atoms with Crippen LogP contribution in [-0.2, 0) is 14.3 Å². The van der Waals surface area contributed by atoms with Crippen LogP contribution in [0.2, 0.25) is 0 Å². The number of aromatic nitrogens is 1. The predicted octanol–water partition coefficient (Wildman–Crippen LogP) is 1.62. The molecule has 2 unspecified atom stereocenters. The van der Waals surface area contributed by atoms with Crippen LogP contribution in [0.15, 0.2) is 12.3 Å². The number of carbonyl (C=O) groups is 3. The van der Waals surface area contributed by atoms with Crippen molar-refractivity contribution in [3.05, 3.63) is 29.3 Å². The Kier molecular flexibility index (Phi) is 5.64. The third-order valence-corrected chi connectivity index (χ3v) is 4.73. The Bertz CT molecular complexity index is 793. The lowest BCUT2D eigenvalue weighted by Gasteiger charge is -2.37. The van der Waals surface area contributed by atoms with E-state index in [0.29, 0.717) is 26.1 Å². The quantitative estimate of drug-likeness (QED) is 0.742. The molecule has 28 heavy (non-hydrogen) atoms. The lowest BCUT2D eigenvalue weighted by atomic mass is 9.93. The van der Waals surface area contributed by atoms with Gasteiger partial charge in [0.05, 0.1) is 17.7 Å². The summed E-state index contributed by atoms with van der Waals surface area (Å²) in [5, 5.41) is 5.40. The molecule has 3 heterocycles. The highest BCUT2D eigenvalue weighted by molar-refractivity contribution is 6.00. The maximum atomic E-state index is 14.9. The number of piperidine rings is 1. The Balaban J connectivity index is 1.82. The minimum Gasteiger partial charge on any atom is -0.444 e. The number of hydrogen-bond acceptors (Lipinski definition) is 6. The van der Waals surface area contributed by atoms with E-state index >= 15 is 0 Å². The highest BCUT2D eigenvalue weighted by Gasteiger charge is 2.34. The second-order valence-corrected chi connectivity index (χ2v) is 8.03. The Morgan fingerprint density at radius 2 is 2.11 bits per heavy atom. The molecule has 0 aromatic carbocycles. The first-order valence-corrected chi connectivity index (χ1v) is 9.35. The molecule has 0 bridgehead atoms. The average Bonchev–Trinajstić information content (AvgIpc) is 2.60. The second kappa shape index (κ2) is 7.83. The molecule has 1 aromatic rings. The summed E-state index contributed by atoms with van der Waals surface area (Å²) in [5.74, 6) is -2.00. The van der Waals surface area contributed by atoms with Gasteiger partial charge in [0, 0.05) is 37.8 Å². The fraction of sp³-hybridized carbons (Fsp3) is 0.579. The zero-order valence-corrected chi connectivity index (χ0v) is 16.3. The summed E-state index contributed by atoms with van der Waals surface area (Å²) in [7, 11) is 0. The standard InChI is InChI=1S/C19H25FN4O4/c1-19(2,3)28-18(27)24-7-6-21-10-15(24)12-9-22-14(8-13(12)20)11-4-5-16(25)23-17(11)26/h8-9,11,15,21H,4-7,10H2,1-3H3,(H,23,25,26). The van der Waals surface area contributed by atoms with Crippen LogP contribution in [0.5, 0.6) is 0 Å². The molecule has 0 spiro atoms. The Morgan fingerprint density at radius 1 is 1.36 bits per heavy atom. The molecule has 2 aliphatic rings. The van der Waals surface area contributed by atoms with Crippen molar-refractivity contribution in [2.24, 2.45) is 0 Å². The number of halogens is 1. The van der Waals surface area contributed by atoms with Gasteiger partial charge >= 0.3 is 6.09 Å². The van der Waals surface area contributed by atoms with E-state index in [-0.39, 0.29) is 23.6 Å². The van der Waals surface area contributed by atoms with Crippen molar-refractivity contribution in [1.82, 2.24) is 20.5 Å². The first-order chi connectivity index (χ1) is 13.2. The van der Waals surface area contributed by atoms with E-state index < -0.39 is 35.4 Å². The fourth-order valence-corrected chi connectivity index (χ4v) is 3.39. The summed E-state index contributed by atoms with van der Waals surface area (Å²) in [6.45, 7) is 6.67. The molecule has 0 radical (unpaired) electrons. The molecular weight excluding hydrogens is 367 g/mol. The van der Waals surface area contributed by atoms with Gasteiger partial charge in [-0.3, -0.25) is 24.8 Å². The average molecular weight is 392 g/mol. The van der Waals surface area contributed by atoms with E-state index in [1.54, 1.807) is 20.8 Å². The predicted molar refractivity (Wildman–Crippen MR) is 97.9 cm³/mol. The van der Waals surface area contributed by atoms with E-state index in [1.165, 1.54) is 17.2 Å². The first-order valence-electron chi connectivity index (χ1n) is 9.35. The van der Waals surface area contributed by atoms with Gasteiger partial charge in [-0.15, -0.1) is 0 Å². The summed E-state index contributed by atoms with van der Waals surface area (Å²) in [5.41, 5.74) is -0.119. The van der Waals surface area contributed by atoms with Gasteiger partial charge in [-0.2, -0.15) is 0 Å². The number of rotatable bonds is 2. The SMILES string of the molecule is CC(C)(C)OC(=O)N1CCNCC1c1cnc(C2CCC(=O)NC2=O)cc1F. The van der Waals surface area contributed by atoms with Crippen LogP contribution in [0, 0.1) is 5.82 Å². The second-order valence-electron chi connectivity index (χ2n) is 8.03. The molecule has 3 amide bonds. The van der Waals surface area contributed by atoms with E-state index in [0.717, 1.165) is 0 Å². The van der Waals surface area contributed by atoms with Gasteiger partial charge in [0.2, 0.25) is 11.8 Å². The van der Waals surface area contributed by atoms with E-state index in [1.807, 2.05) is 0 Å². The van der Waals surface area contributed by atoms with Gasteiger partial charge in [-0.05, 0) is 33.3 Å². The van der Waals surface area contributed by atoms with Crippen molar-refractivity contribution in [1.29, 1.82) is 0 Å². The summed E-state index contributed by atoms with van der Waals surface area (Å²) >= 11 is 0. The molecule has 1 aromatic heterocycles. The third-order valence-electron chi connectivity index (χ3n) is 4.73. The molecule has 0 saturated carbocycles. The first kappa shape index (κ1) is 20.2. The maximum Gasteiger partial charge on any atom is 0.410 e. The van der Waals surface area contributed by atoms with Crippen LogP contribution in [0.3, 0.4) is 0 Å². The smallest absolute Gasteiger partial charge is 0.410 e. The summed E-state index contributed by atoms with van der Waals surface area (Å²) in [4.78, 5) is 41.6. The lowest BCUT2D eigenvalue weighted by Crippen LogP contribution is -2.50. The molecule has 0 aliphatic carbocycles. The number of nitrogens with zero attached hydrogens (tertiary/aromatic N) is 2. The Morgan fingerprint density at radius 3 is 2.75 bits per heavy atom. The van der Waals surface area contributed by atoms with Crippen LogP contribution in [0.4, 0.5) is 9.18 Å². The Hall–Kier alpha value is -2.55. The van der Waals surface area contributed by atoms with Gasteiger partial charge in [0.15, 0.2) is 0 Å². The van der Waals surface area contributed by atoms with Gasteiger partial charge in [0.1, 0.15) is 11.4 Å². The topological polar surface area (TPSA) is 101 Å². The molecule has 152 valence electrons. The molecule has 8 nitrogen and oxygen atoms in total. The van der Waals surface area contributed by atoms with E-state index in [9.17, 15) is 18.8 Å². The fourth-order valence-electron chi connectivity index (χ4n) is 3.39. The minimum absolute atomic E-state index is 0.195. The minimum atomic E-state index is -0.660. The monoisotopic (exact) mass is 392 g/mol. The highest BCUT2D eigenvalue weighted by atomic mass is 19.1. The number of nitrogens with one attached hydrogen (secondary N) is 2. The van der Waals surface area contributed by atoms with E-state index in [2.05, 4.69) is 15.6 Å². The molecular formula is C19H25FN4O4. The van der Waals surface area contributed by atoms with Crippen LogP contribution >= 0.6 is 0 Å². The van der Waals surface area contributed by atoms with Crippen molar-refractivity contribution in [2.75, 3.05) is 19.6 Å².